The molecule has 1 amide bonds. The van der Waals surface area contributed by atoms with Crippen LogP contribution in [-0.2, 0) is 27.8 Å². The number of rotatable bonds is 5. The molecular formula is C20H24ClN3O2Si. The first-order chi connectivity index (χ1) is 12.8. The molecule has 142 valence electrons. The second kappa shape index (κ2) is 6.69. The van der Waals surface area contributed by atoms with Crippen molar-refractivity contribution in [1.82, 2.24) is 9.97 Å². The van der Waals surface area contributed by atoms with Gasteiger partial charge >= 0.3 is 0 Å². The summed E-state index contributed by atoms with van der Waals surface area (Å²) < 4.78 is 5.88. The Bertz CT molecular complexity index is 899. The van der Waals surface area contributed by atoms with E-state index in [1.165, 1.54) is 0 Å². The quantitative estimate of drug-likeness (QED) is 0.564. The number of hydrogen-bond acceptors (Lipinski definition) is 4. The van der Waals surface area contributed by atoms with Crippen LogP contribution in [0.5, 0.6) is 0 Å². The van der Waals surface area contributed by atoms with Crippen LogP contribution in [-0.4, -0.2) is 37.3 Å². The summed E-state index contributed by atoms with van der Waals surface area (Å²) in [6, 6.07) is 6.90. The van der Waals surface area contributed by atoms with Crippen LogP contribution in [0.15, 0.2) is 30.6 Å². The largest absolute Gasteiger partial charge is 0.361 e. The van der Waals surface area contributed by atoms with Gasteiger partial charge in [0.25, 0.3) is 0 Å². The van der Waals surface area contributed by atoms with E-state index in [-0.39, 0.29) is 12.6 Å². The number of carbonyl (C=O) groups excluding carboxylic acids is 1. The van der Waals surface area contributed by atoms with Gasteiger partial charge in [-0.05, 0) is 30.2 Å². The first kappa shape index (κ1) is 18.6. The molecule has 1 spiro atoms. The van der Waals surface area contributed by atoms with Gasteiger partial charge in [-0.15, -0.1) is 0 Å². The van der Waals surface area contributed by atoms with E-state index in [1.54, 1.807) is 17.3 Å². The Hall–Kier alpha value is -1.76. The molecule has 2 aromatic heterocycles. The Morgan fingerprint density at radius 3 is 2.89 bits per heavy atom. The summed E-state index contributed by atoms with van der Waals surface area (Å²) in [5.74, 6) is 0.771. The number of fused-ring (bicyclic) bond motifs is 3. The van der Waals surface area contributed by atoms with Crippen molar-refractivity contribution in [3.63, 3.8) is 0 Å². The molecule has 3 heterocycles. The molecule has 0 aromatic carbocycles. The van der Waals surface area contributed by atoms with E-state index in [0.29, 0.717) is 24.5 Å². The van der Waals surface area contributed by atoms with Crippen molar-refractivity contribution < 1.29 is 9.53 Å². The highest BCUT2D eigenvalue weighted by Crippen LogP contribution is 2.48. The van der Waals surface area contributed by atoms with Crippen molar-refractivity contribution in [2.45, 2.75) is 43.9 Å². The summed E-state index contributed by atoms with van der Waals surface area (Å²) in [7, 11) is -1.17. The minimum Gasteiger partial charge on any atom is -0.361 e. The van der Waals surface area contributed by atoms with Gasteiger partial charge in [-0.1, -0.05) is 37.3 Å². The smallest absolute Gasteiger partial charge is 0.241 e. The van der Waals surface area contributed by atoms with Gasteiger partial charge in [0, 0.05) is 44.8 Å². The third-order valence-corrected chi connectivity index (χ3v) is 7.33. The van der Waals surface area contributed by atoms with Gasteiger partial charge in [-0.25, -0.2) is 4.98 Å². The molecule has 0 bridgehead atoms. The van der Waals surface area contributed by atoms with Crippen LogP contribution in [0.4, 0.5) is 5.82 Å². The fourth-order valence-corrected chi connectivity index (χ4v) is 4.88. The molecule has 2 aliphatic rings. The summed E-state index contributed by atoms with van der Waals surface area (Å²) in [4.78, 5) is 24.2. The van der Waals surface area contributed by atoms with Gasteiger partial charge < -0.3 is 4.74 Å². The van der Waals surface area contributed by atoms with Crippen LogP contribution < -0.4 is 4.90 Å². The summed E-state index contributed by atoms with van der Waals surface area (Å²) in [6.07, 6.45) is 4.58. The number of halogens is 1. The van der Waals surface area contributed by atoms with E-state index < -0.39 is 13.5 Å². The molecule has 0 N–H and O–H groups in total. The molecule has 1 aliphatic heterocycles. The lowest BCUT2D eigenvalue weighted by Gasteiger charge is -2.23. The molecule has 0 saturated carbocycles. The normalized spacial score (nSPS) is 21.0. The molecule has 2 aromatic rings. The van der Waals surface area contributed by atoms with Crippen molar-refractivity contribution in [3.8, 4) is 0 Å². The first-order valence-corrected chi connectivity index (χ1v) is 13.4. The van der Waals surface area contributed by atoms with Crippen molar-refractivity contribution in [2.24, 2.45) is 0 Å². The zero-order valence-electron chi connectivity index (χ0n) is 16.0. The standard InChI is InChI=1S/C20H24ClN3O2Si/c1-27(2,3)8-7-26-13-24-18-16(5-4-6-22-18)20(19(24)25)10-14-9-15(21)12-23-17(14)11-20/h4-6,9,12H,7-8,10-11,13H2,1-3H3/t20-/m0/s1. The molecule has 4 rings (SSSR count). The average Bonchev–Trinajstić information content (AvgIpc) is 3.09. The number of ether oxygens (including phenoxy) is 1. The zero-order chi connectivity index (χ0) is 19.2. The Morgan fingerprint density at radius 2 is 2.11 bits per heavy atom. The van der Waals surface area contributed by atoms with Crippen LogP contribution in [0, 0.1) is 0 Å². The van der Waals surface area contributed by atoms with Crippen LogP contribution in [0.1, 0.15) is 16.8 Å². The number of aromatic nitrogens is 2. The van der Waals surface area contributed by atoms with Crippen LogP contribution in [0.3, 0.4) is 0 Å². The van der Waals surface area contributed by atoms with Crippen LogP contribution in [0.2, 0.25) is 30.7 Å². The van der Waals surface area contributed by atoms with E-state index in [0.717, 1.165) is 28.7 Å². The zero-order valence-corrected chi connectivity index (χ0v) is 17.7. The minimum atomic E-state index is -1.17. The molecule has 1 atom stereocenters. The van der Waals surface area contributed by atoms with Crippen molar-refractivity contribution >= 4 is 31.4 Å². The summed E-state index contributed by atoms with van der Waals surface area (Å²) in [5, 5.41) is 0.606. The molecule has 7 heteroatoms. The summed E-state index contributed by atoms with van der Waals surface area (Å²) >= 11 is 6.12. The Labute approximate surface area is 165 Å². The number of nitrogens with zero attached hydrogens (tertiary/aromatic N) is 3. The molecule has 0 saturated heterocycles. The average molecular weight is 402 g/mol. The van der Waals surface area contributed by atoms with Crippen molar-refractivity contribution in [2.75, 3.05) is 18.2 Å². The molecule has 0 radical (unpaired) electrons. The van der Waals surface area contributed by atoms with Gasteiger partial charge in [-0.3, -0.25) is 14.7 Å². The predicted molar refractivity (Wildman–Crippen MR) is 109 cm³/mol. The number of carbonyl (C=O) groups is 1. The maximum absolute atomic E-state index is 13.5. The third kappa shape index (κ3) is 3.30. The molecular weight excluding hydrogens is 378 g/mol. The van der Waals surface area contributed by atoms with Crippen molar-refractivity contribution in [3.05, 3.63) is 52.4 Å². The van der Waals surface area contributed by atoms with Crippen molar-refractivity contribution in [1.29, 1.82) is 0 Å². The second-order valence-electron chi connectivity index (χ2n) is 8.65. The van der Waals surface area contributed by atoms with Crippen LogP contribution in [0.25, 0.3) is 0 Å². The monoisotopic (exact) mass is 401 g/mol. The highest BCUT2D eigenvalue weighted by atomic mass is 35.5. The van der Waals surface area contributed by atoms with Crippen LogP contribution >= 0.6 is 11.6 Å². The molecule has 5 nitrogen and oxygen atoms in total. The summed E-state index contributed by atoms with van der Waals surface area (Å²) in [6.45, 7) is 7.87. The van der Waals surface area contributed by atoms with E-state index >= 15 is 0 Å². The lowest BCUT2D eigenvalue weighted by atomic mass is 9.80. The highest BCUT2D eigenvalue weighted by Gasteiger charge is 2.55. The Morgan fingerprint density at radius 1 is 1.30 bits per heavy atom. The number of amides is 1. The minimum absolute atomic E-state index is 0.0540. The van der Waals surface area contributed by atoms with E-state index in [4.69, 9.17) is 16.3 Å². The first-order valence-electron chi connectivity index (χ1n) is 9.29. The maximum atomic E-state index is 13.5. The van der Waals surface area contributed by atoms with E-state index in [1.807, 2.05) is 18.2 Å². The molecule has 1 aliphatic carbocycles. The SMILES string of the molecule is C[Si](C)(C)CCOCN1C(=O)[C@]2(Cc3cc(Cl)cnc3C2)c2cccnc21. The second-order valence-corrected chi connectivity index (χ2v) is 14.7. The topological polar surface area (TPSA) is 55.3 Å². The Kier molecular flexibility index (Phi) is 4.61. The van der Waals surface area contributed by atoms with Gasteiger partial charge in [0.2, 0.25) is 5.91 Å². The lowest BCUT2D eigenvalue weighted by Crippen LogP contribution is -2.42. The fourth-order valence-electron chi connectivity index (χ4n) is 3.95. The van der Waals surface area contributed by atoms with Gasteiger partial charge in [-0.2, -0.15) is 0 Å². The Balaban J connectivity index is 1.60. The maximum Gasteiger partial charge on any atom is 0.241 e. The van der Waals surface area contributed by atoms with Gasteiger partial charge in [0.1, 0.15) is 12.5 Å². The van der Waals surface area contributed by atoms with Gasteiger partial charge in [0.05, 0.1) is 10.4 Å². The lowest BCUT2D eigenvalue weighted by molar-refractivity contribution is -0.124. The predicted octanol–water partition coefficient (Wildman–Crippen LogP) is 3.83. The molecule has 0 fully saturated rings. The molecule has 0 unspecified atom stereocenters. The number of hydrogen-bond donors (Lipinski definition) is 0. The molecule has 27 heavy (non-hydrogen) atoms. The number of anilines is 1. The van der Waals surface area contributed by atoms with E-state index in [9.17, 15) is 4.79 Å². The summed E-state index contributed by atoms with van der Waals surface area (Å²) in [5.41, 5.74) is 2.33. The van der Waals surface area contributed by atoms with E-state index in [2.05, 4.69) is 29.6 Å². The fraction of sp³-hybridized carbons (Fsp3) is 0.450. The van der Waals surface area contributed by atoms with Gasteiger partial charge in [0.15, 0.2) is 0 Å². The third-order valence-electron chi connectivity index (χ3n) is 5.42. The number of pyridine rings is 2. The highest BCUT2D eigenvalue weighted by molar-refractivity contribution is 6.76.